The maximum Gasteiger partial charge on any atom is 0.416 e. The molecule has 9 heteroatoms. The van der Waals surface area contributed by atoms with E-state index >= 15 is 0 Å². The Morgan fingerprint density at radius 1 is 1.16 bits per heavy atom. The highest BCUT2D eigenvalue weighted by molar-refractivity contribution is 5.80. The molecule has 0 radical (unpaired) electrons. The zero-order valence-corrected chi connectivity index (χ0v) is 18.6. The number of likely N-dealkylation sites (tertiary alicyclic amines) is 1. The molecule has 0 aliphatic carbocycles. The Balaban J connectivity index is 1.62. The van der Waals surface area contributed by atoms with Crippen LogP contribution in [-0.4, -0.2) is 69.4 Å². The zero-order chi connectivity index (χ0) is 22.4. The number of halogens is 3. The van der Waals surface area contributed by atoms with E-state index in [-0.39, 0.29) is 18.2 Å². The molecular formula is C22H34F3N5O. The van der Waals surface area contributed by atoms with Crippen LogP contribution >= 0.6 is 0 Å². The van der Waals surface area contributed by atoms with E-state index in [1.54, 1.807) is 19.2 Å². The fourth-order valence-electron chi connectivity index (χ4n) is 4.13. The van der Waals surface area contributed by atoms with E-state index < -0.39 is 11.7 Å². The minimum absolute atomic E-state index is 0.0583. The van der Waals surface area contributed by atoms with Gasteiger partial charge in [0.25, 0.3) is 0 Å². The van der Waals surface area contributed by atoms with Crippen molar-refractivity contribution >= 4 is 11.6 Å². The monoisotopic (exact) mass is 441 g/mol. The molecular weight excluding hydrogens is 407 g/mol. The second-order valence-electron chi connectivity index (χ2n) is 8.41. The van der Waals surface area contributed by atoms with Gasteiger partial charge in [-0.2, -0.15) is 13.2 Å². The third-order valence-corrected chi connectivity index (χ3v) is 6.05. The van der Waals surface area contributed by atoms with Crippen molar-refractivity contribution in [1.29, 1.82) is 0 Å². The molecule has 2 aliphatic rings. The number of aliphatic imine (C=N–C) groups is 1. The number of piperidine rings is 1. The molecule has 2 N–H and O–H groups in total. The largest absolute Gasteiger partial charge is 0.416 e. The molecule has 174 valence electrons. The third-order valence-electron chi connectivity index (χ3n) is 6.05. The summed E-state index contributed by atoms with van der Waals surface area (Å²) in [7, 11) is 1.64. The number of morpholine rings is 1. The van der Waals surface area contributed by atoms with Crippen molar-refractivity contribution in [3.05, 3.63) is 29.3 Å². The third kappa shape index (κ3) is 6.49. The lowest BCUT2D eigenvalue weighted by Crippen LogP contribution is -2.49. The number of hydrogen-bond donors (Lipinski definition) is 2. The van der Waals surface area contributed by atoms with E-state index in [1.807, 2.05) is 4.90 Å². The molecule has 3 rings (SSSR count). The Bertz CT molecular complexity index is 739. The van der Waals surface area contributed by atoms with Crippen LogP contribution in [0.15, 0.2) is 23.2 Å². The average molecular weight is 442 g/mol. The highest BCUT2D eigenvalue weighted by Gasteiger charge is 2.34. The average Bonchev–Trinajstić information content (AvgIpc) is 2.76. The lowest BCUT2D eigenvalue weighted by molar-refractivity contribution is -0.138. The highest BCUT2D eigenvalue weighted by atomic mass is 19.4. The van der Waals surface area contributed by atoms with E-state index in [2.05, 4.69) is 34.4 Å². The van der Waals surface area contributed by atoms with Gasteiger partial charge in [-0.1, -0.05) is 6.07 Å². The maximum atomic E-state index is 13.8. The fourth-order valence-corrected chi connectivity index (χ4v) is 4.13. The summed E-state index contributed by atoms with van der Waals surface area (Å²) in [4.78, 5) is 8.57. The van der Waals surface area contributed by atoms with Crippen molar-refractivity contribution in [2.24, 2.45) is 4.99 Å². The van der Waals surface area contributed by atoms with Crippen LogP contribution in [0.5, 0.6) is 0 Å². The molecule has 6 nitrogen and oxygen atoms in total. The van der Waals surface area contributed by atoms with Gasteiger partial charge in [0, 0.05) is 57.5 Å². The van der Waals surface area contributed by atoms with Crippen molar-refractivity contribution in [2.75, 3.05) is 51.3 Å². The molecule has 0 atom stereocenters. The molecule has 2 fully saturated rings. The van der Waals surface area contributed by atoms with Crippen LogP contribution in [0.3, 0.4) is 0 Å². The molecule has 2 heterocycles. The Hall–Kier alpha value is -2.00. The van der Waals surface area contributed by atoms with E-state index in [1.165, 1.54) is 6.07 Å². The molecule has 0 unspecified atom stereocenters. The molecule has 31 heavy (non-hydrogen) atoms. The quantitative estimate of drug-likeness (QED) is 0.543. The van der Waals surface area contributed by atoms with Gasteiger partial charge < -0.3 is 25.2 Å². The lowest BCUT2D eigenvalue weighted by Gasteiger charge is -2.35. The summed E-state index contributed by atoms with van der Waals surface area (Å²) in [6.45, 7) is 8.71. The Morgan fingerprint density at radius 3 is 2.42 bits per heavy atom. The summed E-state index contributed by atoms with van der Waals surface area (Å²) in [6, 6.07) is 5.37. The van der Waals surface area contributed by atoms with Gasteiger partial charge in [-0.05, 0) is 44.4 Å². The van der Waals surface area contributed by atoms with Crippen LogP contribution in [0.2, 0.25) is 0 Å². The summed E-state index contributed by atoms with van der Waals surface area (Å²) < 4.78 is 46.6. The number of nitrogens with zero attached hydrogens (tertiary/aromatic N) is 3. The summed E-state index contributed by atoms with van der Waals surface area (Å²) in [5, 5.41) is 6.44. The topological polar surface area (TPSA) is 52.1 Å². The molecule has 2 aliphatic heterocycles. The van der Waals surface area contributed by atoms with Gasteiger partial charge in [-0.3, -0.25) is 4.99 Å². The zero-order valence-electron chi connectivity index (χ0n) is 18.6. The number of alkyl halides is 3. The van der Waals surface area contributed by atoms with Gasteiger partial charge in [0.1, 0.15) is 0 Å². The SMILES string of the molecule is CN=C(NCc1ccc(N2CCOCC2)cc1C(F)(F)F)NC1CCN(C(C)C)CC1. The van der Waals surface area contributed by atoms with Gasteiger partial charge in [-0.15, -0.1) is 0 Å². The molecule has 2 saturated heterocycles. The first-order valence-corrected chi connectivity index (χ1v) is 11.0. The predicted octanol–water partition coefficient (Wildman–Crippen LogP) is 3.08. The number of anilines is 1. The predicted molar refractivity (Wildman–Crippen MR) is 118 cm³/mol. The van der Waals surface area contributed by atoms with Gasteiger partial charge in [0.05, 0.1) is 18.8 Å². The number of benzene rings is 1. The maximum absolute atomic E-state index is 13.8. The van der Waals surface area contributed by atoms with E-state index in [4.69, 9.17) is 4.74 Å². The van der Waals surface area contributed by atoms with Crippen molar-refractivity contribution in [2.45, 2.75) is 51.5 Å². The van der Waals surface area contributed by atoms with Crippen molar-refractivity contribution in [3.63, 3.8) is 0 Å². The van der Waals surface area contributed by atoms with Crippen molar-refractivity contribution in [3.8, 4) is 0 Å². The highest BCUT2D eigenvalue weighted by Crippen LogP contribution is 2.35. The first-order chi connectivity index (χ1) is 14.8. The van der Waals surface area contributed by atoms with Crippen LogP contribution in [0.4, 0.5) is 18.9 Å². The number of ether oxygens (including phenoxy) is 1. The second-order valence-corrected chi connectivity index (χ2v) is 8.41. The first-order valence-electron chi connectivity index (χ1n) is 11.0. The number of guanidine groups is 1. The molecule has 0 amide bonds. The molecule has 1 aromatic carbocycles. The molecule has 1 aromatic rings. The van der Waals surface area contributed by atoms with Gasteiger partial charge >= 0.3 is 6.18 Å². The van der Waals surface area contributed by atoms with E-state index in [9.17, 15) is 13.2 Å². The number of hydrogen-bond acceptors (Lipinski definition) is 4. The smallest absolute Gasteiger partial charge is 0.378 e. The standard InChI is InChI=1S/C22H34F3N5O/c1-16(2)29-8-6-18(7-9-29)28-21(26-3)27-15-17-4-5-19(14-20(17)22(23,24)25)30-10-12-31-13-11-30/h4-5,14,16,18H,6-13,15H2,1-3H3,(H2,26,27,28). The van der Waals surface area contributed by atoms with Crippen LogP contribution in [-0.2, 0) is 17.5 Å². The molecule has 0 spiro atoms. The summed E-state index contributed by atoms with van der Waals surface area (Å²) in [5.41, 5.74) is 0.186. The second kappa shape index (κ2) is 10.5. The molecule has 0 bridgehead atoms. The minimum Gasteiger partial charge on any atom is -0.378 e. The summed E-state index contributed by atoms with van der Waals surface area (Å²) in [5.74, 6) is 0.536. The Morgan fingerprint density at radius 2 is 1.84 bits per heavy atom. The van der Waals surface area contributed by atoms with Crippen LogP contribution in [0.25, 0.3) is 0 Å². The normalized spacial score (nSPS) is 19.7. The van der Waals surface area contributed by atoms with Crippen LogP contribution in [0.1, 0.15) is 37.8 Å². The van der Waals surface area contributed by atoms with Crippen molar-refractivity contribution < 1.29 is 17.9 Å². The van der Waals surface area contributed by atoms with Crippen LogP contribution < -0.4 is 15.5 Å². The lowest BCUT2D eigenvalue weighted by atomic mass is 10.0. The van der Waals surface area contributed by atoms with Crippen LogP contribution in [0, 0.1) is 0 Å². The van der Waals surface area contributed by atoms with Gasteiger partial charge in [0.15, 0.2) is 5.96 Å². The number of rotatable bonds is 5. The van der Waals surface area contributed by atoms with Gasteiger partial charge in [0.2, 0.25) is 0 Å². The first kappa shape index (κ1) is 23.7. The minimum atomic E-state index is -4.42. The fraction of sp³-hybridized carbons (Fsp3) is 0.682. The van der Waals surface area contributed by atoms with Gasteiger partial charge in [-0.25, -0.2) is 0 Å². The summed E-state index contributed by atoms with van der Waals surface area (Å²) in [6.07, 6.45) is -2.44. The Kier molecular flexibility index (Phi) is 8.05. The van der Waals surface area contributed by atoms with E-state index in [0.29, 0.717) is 44.0 Å². The Labute approximate surface area is 182 Å². The van der Waals surface area contributed by atoms with Crippen molar-refractivity contribution in [1.82, 2.24) is 15.5 Å². The molecule has 0 saturated carbocycles. The summed E-state index contributed by atoms with van der Waals surface area (Å²) >= 11 is 0. The van der Waals surface area contributed by atoms with E-state index in [0.717, 1.165) is 25.9 Å². The molecule has 0 aromatic heterocycles. The number of nitrogens with one attached hydrogen (secondary N) is 2.